The number of nitrogens with two attached hydrogens (primary N) is 1. The van der Waals surface area contributed by atoms with Gasteiger partial charge in [-0.25, -0.2) is 4.98 Å². The van der Waals surface area contributed by atoms with Crippen LogP contribution in [0.4, 0.5) is 17.2 Å². The number of rotatable bonds is 8. The van der Waals surface area contributed by atoms with Crippen LogP contribution in [0.1, 0.15) is 33.1 Å². The second-order valence-corrected chi connectivity index (χ2v) is 8.80. The van der Waals surface area contributed by atoms with Gasteiger partial charge in [-0.2, -0.15) is 0 Å². The van der Waals surface area contributed by atoms with E-state index >= 15 is 0 Å². The van der Waals surface area contributed by atoms with Gasteiger partial charge >= 0.3 is 0 Å². The van der Waals surface area contributed by atoms with Crippen molar-refractivity contribution >= 4 is 39.7 Å². The highest BCUT2D eigenvalue weighted by Crippen LogP contribution is 2.27. The van der Waals surface area contributed by atoms with Gasteiger partial charge in [-0.3, -0.25) is 4.79 Å². The van der Waals surface area contributed by atoms with E-state index in [0.29, 0.717) is 23.7 Å². The van der Waals surface area contributed by atoms with E-state index in [-0.39, 0.29) is 11.8 Å². The Morgan fingerprint density at radius 2 is 2.00 bits per heavy atom. The van der Waals surface area contributed by atoms with Crippen LogP contribution < -0.4 is 20.7 Å². The number of ether oxygens (including phenoxy) is 1. The molecule has 2 heterocycles. The van der Waals surface area contributed by atoms with Crippen LogP contribution in [0.3, 0.4) is 0 Å². The van der Waals surface area contributed by atoms with Crippen molar-refractivity contribution in [3.8, 4) is 5.75 Å². The molecule has 1 aliphatic rings. The van der Waals surface area contributed by atoms with Gasteiger partial charge in [-0.05, 0) is 66.6 Å². The van der Waals surface area contributed by atoms with Gasteiger partial charge in [0, 0.05) is 35.9 Å². The molecule has 3 aromatic rings. The van der Waals surface area contributed by atoms with Gasteiger partial charge in [-0.15, -0.1) is 0 Å². The average Bonchev–Trinajstić information content (AvgIpc) is 3.28. The zero-order valence-corrected chi connectivity index (χ0v) is 19.8. The molecule has 0 saturated carbocycles. The van der Waals surface area contributed by atoms with Gasteiger partial charge in [0.15, 0.2) is 6.10 Å². The van der Waals surface area contributed by atoms with Crippen LogP contribution in [0.2, 0.25) is 0 Å². The molecule has 3 N–H and O–H groups in total. The van der Waals surface area contributed by atoms with Crippen LogP contribution >= 0.6 is 0 Å². The molecule has 0 radical (unpaired) electrons. The van der Waals surface area contributed by atoms with Gasteiger partial charge < -0.3 is 25.5 Å². The molecule has 2 aromatic carbocycles. The van der Waals surface area contributed by atoms with Crippen molar-refractivity contribution in [3.63, 3.8) is 0 Å². The van der Waals surface area contributed by atoms with Gasteiger partial charge in [0.05, 0.1) is 0 Å². The molecule has 1 aliphatic heterocycles. The van der Waals surface area contributed by atoms with Gasteiger partial charge in [0.1, 0.15) is 24.5 Å². The van der Waals surface area contributed by atoms with Gasteiger partial charge in [0.2, 0.25) is 0 Å². The number of pyridine rings is 1. The lowest BCUT2D eigenvalue weighted by Gasteiger charge is -2.21. The lowest BCUT2D eigenvalue weighted by molar-refractivity contribution is -0.123. The fourth-order valence-corrected chi connectivity index (χ4v) is 4.13. The van der Waals surface area contributed by atoms with E-state index in [0.717, 1.165) is 41.7 Å². The second kappa shape index (κ2) is 10.4. The Morgan fingerprint density at radius 1 is 1.21 bits per heavy atom. The first-order valence-electron chi connectivity index (χ1n) is 11.5. The minimum absolute atomic E-state index is 0.191. The summed E-state index contributed by atoms with van der Waals surface area (Å²) in [5.41, 5.74) is 7.75. The Bertz CT molecular complexity index is 1180. The number of anilines is 3. The van der Waals surface area contributed by atoms with Crippen molar-refractivity contribution < 1.29 is 14.4 Å². The highest BCUT2D eigenvalue weighted by Gasteiger charge is 2.24. The summed E-state index contributed by atoms with van der Waals surface area (Å²) in [4.78, 5) is 24.4. The first-order chi connectivity index (χ1) is 16.4. The van der Waals surface area contributed by atoms with E-state index in [1.54, 1.807) is 13.3 Å². The normalized spacial score (nSPS) is 15.6. The molecule has 1 aromatic heterocycles. The second-order valence-electron chi connectivity index (χ2n) is 8.80. The molecule has 4 rings (SSSR count). The molecule has 178 valence electrons. The highest BCUT2D eigenvalue weighted by atomic mass is 16.6. The van der Waals surface area contributed by atoms with Gasteiger partial charge in [0.25, 0.3) is 5.91 Å². The topological polar surface area (TPSA) is 102 Å². The molecule has 1 atom stereocenters. The van der Waals surface area contributed by atoms with Crippen molar-refractivity contribution in [1.82, 2.24) is 4.98 Å². The fourth-order valence-electron chi connectivity index (χ4n) is 4.13. The van der Waals surface area contributed by atoms with Crippen molar-refractivity contribution in [1.29, 1.82) is 0 Å². The Balaban J connectivity index is 1.47. The van der Waals surface area contributed by atoms with Crippen molar-refractivity contribution in [2.45, 2.75) is 39.2 Å². The van der Waals surface area contributed by atoms with Crippen LogP contribution in [0.25, 0.3) is 10.8 Å². The van der Waals surface area contributed by atoms with E-state index in [9.17, 15) is 4.79 Å². The third kappa shape index (κ3) is 5.39. The summed E-state index contributed by atoms with van der Waals surface area (Å²) in [6, 6.07) is 15.2. The Labute approximate surface area is 199 Å². The number of fused-ring (bicyclic) bond motifs is 1. The molecule has 1 amide bonds. The fraction of sp³-hybridized carbons (Fsp3) is 0.346. The quantitative estimate of drug-likeness (QED) is 0.467. The predicted octanol–water partition coefficient (Wildman–Crippen LogP) is 4.81. The number of carbonyl (C=O) groups is 1. The number of carbonyl (C=O) groups excluding carboxylic acids is 1. The lowest BCUT2D eigenvalue weighted by Crippen LogP contribution is -2.34. The molecule has 34 heavy (non-hydrogen) atoms. The molecule has 0 aliphatic carbocycles. The number of nitrogen functional groups attached to an aromatic ring is 1. The smallest absolute Gasteiger partial charge is 0.265 e. The van der Waals surface area contributed by atoms with Crippen LogP contribution in [0, 0.1) is 5.92 Å². The third-order valence-corrected chi connectivity index (χ3v) is 5.76. The maximum Gasteiger partial charge on any atom is 0.265 e. The number of hydrogen-bond acceptors (Lipinski definition) is 6. The number of oxime groups is 1. The number of aromatic nitrogens is 1. The Hall–Kier alpha value is -3.81. The molecular weight excluding hydrogens is 430 g/mol. The maximum atomic E-state index is 13.1. The van der Waals surface area contributed by atoms with E-state index < -0.39 is 6.10 Å². The van der Waals surface area contributed by atoms with Crippen LogP contribution in [-0.4, -0.2) is 36.5 Å². The minimum atomic E-state index is -0.644. The zero-order chi connectivity index (χ0) is 24.1. The van der Waals surface area contributed by atoms with Crippen LogP contribution in [-0.2, 0) is 9.63 Å². The summed E-state index contributed by atoms with van der Waals surface area (Å²) in [5, 5.41) is 8.88. The minimum Gasteiger partial charge on any atom is -0.481 e. The predicted molar refractivity (Wildman–Crippen MR) is 136 cm³/mol. The van der Waals surface area contributed by atoms with E-state index in [2.05, 4.69) is 34.2 Å². The number of hydrogen-bond donors (Lipinski definition) is 2. The molecular formula is C26H31N5O3. The monoisotopic (exact) mass is 461 g/mol. The average molecular weight is 462 g/mol. The summed E-state index contributed by atoms with van der Waals surface area (Å²) in [6.07, 6.45) is 3.53. The SMILES string of the molecule is CO/N=C1/CCCN1c1ccc(NC(=O)C(CC(C)C)Oc2ccc3ccnc(N)c3c2)cc1. The highest BCUT2D eigenvalue weighted by molar-refractivity contribution is 6.00. The van der Waals surface area contributed by atoms with E-state index in [1.165, 1.54) is 0 Å². The number of nitrogens with one attached hydrogen (secondary N) is 1. The lowest BCUT2D eigenvalue weighted by atomic mass is 10.0. The largest absolute Gasteiger partial charge is 0.481 e. The summed E-state index contributed by atoms with van der Waals surface area (Å²) in [7, 11) is 1.56. The molecule has 1 fully saturated rings. The standard InChI is InChI=1S/C26H31N5O3/c1-17(2)15-23(34-21-11-6-18-12-13-28-25(27)22(18)16-21)26(32)29-19-7-9-20(10-8-19)31-14-4-5-24(31)30-33-3/h6-13,16-17,23H,4-5,14-15H2,1-3H3,(H2,27,28)(H,29,32)/b30-24-. The Kier molecular flexibility index (Phi) is 7.15. The molecule has 0 bridgehead atoms. The van der Waals surface area contributed by atoms with Crippen molar-refractivity contribution in [3.05, 3.63) is 54.7 Å². The number of amidine groups is 1. The first-order valence-corrected chi connectivity index (χ1v) is 11.5. The Morgan fingerprint density at radius 3 is 2.74 bits per heavy atom. The molecule has 1 unspecified atom stereocenters. The van der Waals surface area contributed by atoms with Crippen LogP contribution in [0.5, 0.6) is 5.75 Å². The van der Waals surface area contributed by atoms with Crippen LogP contribution in [0.15, 0.2) is 59.9 Å². The van der Waals surface area contributed by atoms with Crippen molar-refractivity contribution in [2.24, 2.45) is 11.1 Å². The maximum absolute atomic E-state index is 13.1. The summed E-state index contributed by atoms with van der Waals surface area (Å²) in [6.45, 7) is 5.02. The number of benzene rings is 2. The number of nitrogens with zero attached hydrogens (tertiary/aromatic N) is 3. The molecule has 8 nitrogen and oxygen atoms in total. The molecule has 1 saturated heterocycles. The van der Waals surface area contributed by atoms with Crippen molar-refractivity contribution in [2.75, 3.05) is 29.6 Å². The van der Waals surface area contributed by atoms with E-state index in [1.807, 2.05) is 48.5 Å². The van der Waals surface area contributed by atoms with E-state index in [4.69, 9.17) is 15.3 Å². The molecule has 0 spiro atoms. The first kappa shape index (κ1) is 23.4. The summed E-state index contributed by atoms with van der Waals surface area (Å²) in [5.74, 6) is 2.02. The third-order valence-electron chi connectivity index (χ3n) is 5.76. The summed E-state index contributed by atoms with van der Waals surface area (Å²) < 4.78 is 6.14. The zero-order valence-electron chi connectivity index (χ0n) is 19.8. The number of amides is 1. The molecule has 8 heteroatoms. The summed E-state index contributed by atoms with van der Waals surface area (Å²) >= 11 is 0. The van der Waals surface area contributed by atoms with Gasteiger partial charge in [-0.1, -0.05) is 25.1 Å².